The molecule has 0 spiro atoms. The predicted molar refractivity (Wildman–Crippen MR) is 122 cm³/mol. The molecule has 0 unspecified atom stereocenters. The summed E-state index contributed by atoms with van der Waals surface area (Å²) < 4.78 is 2.00. The number of rotatable bonds is 7. The highest BCUT2D eigenvalue weighted by atomic mass is 16.3. The summed E-state index contributed by atoms with van der Waals surface area (Å²) in [6.45, 7) is 3.47. The molecule has 2 aromatic carbocycles. The molecular formula is C24H29N5O2. The molecule has 3 aromatic rings. The zero-order chi connectivity index (χ0) is 21.5. The van der Waals surface area contributed by atoms with Crippen LogP contribution in [-0.2, 0) is 13.1 Å². The Kier molecular flexibility index (Phi) is 6.84. The number of carbonyl (C=O) groups excluding carboxylic acids is 1. The molecule has 31 heavy (non-hydrogen) atoms. The number of carbonyl (C=O) groups is 1. The van der Waals surface area contributed by atoms with E-state index < -0.39 is 0 Å². The van der Waals surface area contributed by atoms with Crippen molar-refractivity contribution in [2.45, 2.75) is 25.9 Å². The number of nitrogens with zero attached hydrogens (tertiary/aromatic N) is 3. The SMILES string of the molecule is O=C(NCc1ccc(N2CCC(CO)CC2)cc1)Nc1ccc(Cn2ccnc2)cc1. The van der Waals surface area contributed by atoms with Crippen LogP contribution in [0.5, 0.6) is 0 Å². The fourth-order valence-corrected chi connectivity index (χ4v) is 3.84. The maximum absolute atomic E-state index is 12.2. The number of hydrogen-bond acceptors (Lipinski definition) is 4. The first-order chi connectivity index (χ1) is 15.2. The van der Waals surface area contributed by atoms with Crippen LogP contribution in [0.2, 0.25) is 0 Å². The highest BCUT2D eigenvalue weighted by Gasteiger charge is 2.18. The third-order valence-electron chi connectivity index (χ3n) is 5.76. The largest absolute Gasteiger partial charge is 0.396 e. The third kappa shape index (κ3) is 5.86. The monoisotopic (exact) mass is 419 g/mol. The first kappa shape index (κ1) is 20.9. The molecule has 0 radical (unpaired) electrons. The van der Waals surface area contributed by atoms with Crippen molar-refractivity contribution in [3.63, 3.8) is 0 Å². The fraction of sp³-hybridized carbons (Fsp3) is 0.333. The number of piperidine rings is 1. The fourth-order valence-electron chi connectivity index (χ4n) is 3.84. The Hall–Kier alpha value is -3.32. The van der Waals surface area contributed by atoms with E-state index in [2.05, 4.69) is 44.8 Å². The van der Waals surface area contributed by atoms with Crippen LogP contribution in [0.25, 0.3) is 0 Å². The number of imidazole rings is 1. The summed E-state index contributed by atoms with van der Waals surface area (Å²) in [5.41, 5.74) is 4.15. The number of anilines is 2. The standard InChI is InChI=1S/C24H29N5O2/c30-17-21-9-12-29(13-10-21)23-7-3-19(4-8-23)15-26-24(31)27-22-5-1-20(2-6-22)16-28-14-11-25-18-28/h1-8,11,14,18,21,30H,9-10,12-13,15-17H2,(H2,26,27,31). The van der Waals surface area contributed by atoms with Crippen LogP contribution < -0.4 is 15.5 Å². The highest BCUT2D eigenvalue weighted by Crippen LogP contribution is 2.23. The highest BCUT2D eigenvalue weighted by molar-refractivity contribution is 5.89. The summed E-state index contributed by atoms with van der Waals surface area (Å²) in [6.07, 6.45) is 7.53. The van der Waals surface area contributed by atoms with Crippen molar-refractivity contribution in [1.82, 2.24) is 14.9 Å². The average molecular weight is 420 g/mol. The van der Waals surface area contributed by atoms with Crippen molar-refractivity contribution >= 4 is 17.4 Å². The Morgan fingerprint density at radius 2 is 1.74 bits per heavy atom. The maximum Gasteiger partial charge on any atom is 0.319 e. The molecule has 7 heteroatoms. The smallest absolute Gasteiger partial charge is 0.319 e. The lowest BCUT2D eigenvalue weighted by molar-refractivity contribution is 0.203. The van der Waals surface area contributed by atoms with Gasteiger partial charge in [-0.1, -0.05) is 24.3 Å². The van der Waals surface area contributed by atoms with E-state index in [1.165, 1.54) is 5.69 Å². The second-order valence-corrected chi connectivity index (χ2v) is 8.02. The van der Waals surface area contributed by atoms with Gasteiger partial charge in [-0.25, -0.2) is 9.78 Å². The molecule has 0 aliphatic carbocycles. The maximum atomic E-state index is 12.2. The van der Waals surface area contributed by atoms with Gasteiger partial charge in [0.25, 0.3) is 0 Å². The van der Waals surface area contributed by atoms with E-state index >= 15 is 0 Å². The van der Waals surface area contributed by atoms with Crippen LogP contribution in [0.3, 0.4) is 0 Å². The zero-order valence-corrected chi connectivity index (χ0v) is 17.6. The minimum Gasteiger partial charge on any atom is -0.396 e. The molecule has 0 bridgehead atoms. The van der Waals surface area contributed by atoms with E-state index in [1.54, 1.807) is 12.5 Å². The van der Waals surface area contributed by atoms with Gasteiger partial charge in [-0.05, 0) is 54.2 Å². The molecule has 3 N–H and O–H groups in total. The quantitative estimate of drug-likeness (QED) is 0.548. The van der Waals surface area contributed by atoms with Crippen LogP contribution in [0.15, 0.2) is 67.3 Å². The summed E-state index contributed by atoms with van der Waals surface area (Å²) in [7, 11) is 0. The van der Waals surface area contributed by atoms with Gasteiger partial charge in [0.15, 0.2) is 0 Å². The molecule has 1 aromatic heterocycles. The summed E-state index contributed by atoms with van der Waals surface area (Å²) in [4.78, 5) is 18.6. The predicted octanol–water partition coefficient (Wildman–Crippen LogP) is 3.46. The van der Waals surface area contributed by atoms with Crippen molar-refractivity contribution in [3.05, 3.63) is 78.4 Å². The Balaban J connectivity index is 1.22. The molecule has 1 aliphatic rings. The number of aliphatic hydroxyl groups excluding tert-OH is 1. The van der Waals surface area contributed by atoms with Crippen LogP contribution in [-0.4, -0.2) is 40.4 Å². The van der Waals surface area contributed by atoms with Gasteiger partial charge in [-0.3, -0.25) is 0 Å². The molecule has 162 valence electrons. The minimum absolute atomic E-state index is 0.225. The lowest BCUT2D eigenvalue weighted by Gasteiger charge is -2.33. The van der Waals surface area contributed by atoms with E-state index in [0.717, 1.165) is 49.3 Å². The topological polar surface area (TPSA) is 82.4 Å². The van der Waals surface area contributed by atoms with Crippen molar-refractivity contribution in [3.8, 4) is 0 Å². The van der Waals surface area contributed by atoms with Crippen LogP contribution in [0.1, 0.15) is 24.0 Å². The summed E-state index contributed by atoms with van der Waals surface area (Å²) in [5.74, 6) is 0.436. The van der Waals surface area contributed by atoms with Gasteiger partial charge in [0.2, 0.25) is 0 Å². The van der Waals surface area contributed by atoms with Crippen LogP contribution >= 0.6 is 0 Å². The average Bonchev–Trinajstić information content (AvgIpc) is 3.32. The Morgan fingerprint density at radius 3 is 2.39 bits per heavy atom. The van der Waals surface area contributed by atoms with E-state index in [1.807, 2.05) is 35.0 Å². The molecule has 2 heterocycles. The third-order valence-corrected chi connectivity index (χ3v) is 5.76. The first-order valence-electron chi connectivity index (χ1n) is 10.7. The minimum atomic E-state index is -0.225. The normalized spacial score (nSPS) is 14.4. The molecule has 1 saturated heterocycles. The number of urea groups is 1. The Morgan fingerprint density at radius 1 is 1.03 bits per heavy atom. The zero-order valence-electron chi connectivity index (χ0n) is 17.6. The number of amides is 2. The van der Waals surface area contributed by atoms with E-state index in [-0.39, 0.29) is 12.6 Å². The van der Waals surface area contributed by atoms with Crippen molar-refractivity contribution in [2.75, 3.05) is 29.9 Å². The number of benzene rings is 2. The van der Waals surface area contributed by atoms with Gasteiger partial charge in [0, 0.05) is 56.6 Å². The molecule has 7 nitrogen and oxygen atoms in total. The van der Waals surface area contributed by atoms with Gasteiger partial charge in [-0.2, -0.15) is 0 Å². The molecule has 0 atom stereocenters. The second kappa shape index (κ2) is 10.1. The van der Waals surface area contributed by atoms with E-state index in [0.29, 0.717) is 12.5 Å². The Bertz CT molecular complexity index is 947. The van der Waals surface area contributed by atoms with Crippen molar-refractivity contribution in [2.24, 2.45) is 5.92 Å². The lowest BCUT2D eigenvalue weighted by Crippen LogP contribution is -2.34. The summed E-state index contributed by atoms with van der Waals surface area (Å²) in [6, 6.07) is 15.9. The lowest BCUT2D eigenvalue weighted by atomic mass is 9.97. The number of nitrogens with one attached hydrogen (secondary N) is 2. The Labute approximate surface area is 182 Å². The van der Waals surface area contributed by atoms with E-state index in [4.69, 9.17) is 0 Å². The van der Waals surface area contributed by atoms with Gasteiger partial charge in [-0.15, -0.1) is 0 Å². The van der Waals surface area contributed by atoms with Crippen LogP contribution in [0, 0.1) is 5.92 Å². The van der Waals surface area contributed by atoms with Crippen LogP contribution in [0.4, 0.5) is 16.2 Å². The van der Waals surface area contributed by atoms with Gasteiger partial charge in [0.05, 0.1) is 6.33 Å². The number of hydrogen-bond donors (Lipinski definition) is 3. The molecular weight excluding hydrogens is 390 g/mol. The molecule has 0 saturated carbocycles. The number of aromatic nitrogens is 2. The molecule has 4 rings (SSSR count). The van der Waals surface area contributed by atoms with E-state index in [9.17, 15) is 9.90 Å². The second-order valence-electron chi connectivity index (χ2n) is 8.02. The van der Waals surface area contributed by atoms with Gasteiger partial charge in [0.1, 0.15) is 0 Å². The molecule has 1 fully saturated rings. The molecule has 2 amide bonds. The van der Waals surface area contributed by atoms with Gasteiger partial charge < -0.3 is 25.2 Å². The number of aliphatic hydroxyl groups is 1. The van der Waals surface area contributed by atoms with Crippen molar-refractivity contribution < 1.29 is 9.90 Å². The van der Waals surface area contributed by atoms with Crippen molar-refractivity contribution in [1.29, 1.82) is 0 Å². The molecule has 1 aliphatic heterocycles. The first-order valence-corrected chi connectivity index (χ1v) is 10.7. The van der Waals surface area contributed by atoms with Gasteiger partial charge >= 0.3 is 6.03 Å². The summed E-state index contributed by atoms with van der Waals surface area (Å²) in [5, 5.41) is 15.1. The summed E-state index contributed by atoms with van der Waals surface area (Å²) >= 11 is 0.